The fourth-order valence-electron chi connectivity index (χ4n) is 2.38. The van der Waals surface area contributed by atoms with Gasteiger partial charge in [0.25, 0.3) is 5.91 Å². The SMILES string of the molecule is CCC1CCC/C1=N\NC(=O)c1ccc(C)cc1. The Morgan fingerprint density at radius 3 is 2.78 bits per heavy atom. The molecule has 3 nitrogen and oxygen atoms in total. The Morgan fingerprint density at radius 2 is 2.11 bits per heavy atom. The summed E-state index contributed by atoms with van der Waals surface area (Å²) in [6.07, 6.45) is 4.53. The highest BCUT2D eigenvalue weighted by molar-refractivity contribution is 5.96. The smallest absolute Gasteiger partial charge is 0.267 e. The lowest BCUT2D eigenvalue weighted by molar-refractivity contribution is 0.0954. The number of amides is 1. The van der Waals surface area contributed by atoms with Crippen LogP contribution in [0.5, 0.6) is 0 Å². The third kappa shape index (κ3) is 2.97. The summed E-state index contributed by atoms with van der Waals surface area (Å²) in [6, 6.07) is 7.53. The molecule has 1 aliphatic rings. The molecule has 1 aromatic rings. The first-order chi connectivity index (χ1) is 8.70. The molecule has 3 heteroatoms. The van der Waals surface area contributed by atoms with Crippen LogP contribution in [-0.2, 0) is 0 Å². The van der Waals surface area contributed by atoms with E-state index in [1.165, 1.54) is 12.8 Å². The summed E-state index contributed by atoms with van der Waals surface area (Å²) in [6.45, 7) is 4.18. The molecular weight excluding hydrogens is 224 g/mol. The lowest BCUT2D eigenvalue weighted by Crippen LogP contribution is -2.20. The standard InChI is InChI=1S/C15H20N2O/c1-3-12-5-4-6-14(12)16-17-15(18)13-9-7-11(2)8-10-13/h7-10,12H,3-6H2,1-2H3,(H,17,18)/b16-14+. The average Bonchev–Trinajstić information content (AvgIpc) is 2.84. The van der Waals surface area contributed by atoms with Crippen LogP contribution in [0.15, 0.2) is 29.4 Å². The van der Waals surface area contributed by atoms with Crippen LogP contribution in [0.25, 0.3) is 0 Å². The van der Waals surface area contributed by atoms with Gasteiger partial charge in [0.2, 0.25) is 0 Å². The van der Waals surface area contributed by atoms with E-state index in [2.05, 4.69) is 17.5 Å². The van der Waals surface area contributed by atoms with Crippen molar-refractivity contribution in [2.45, 2.75) is 39.5 Å². The van der Waals surface area contributed by atoms with E-state index in [1.54, 1.807) is 0 Å². The zero-order valence-corrected chi connectivity index (χ0v) is 11.1. The van der Waals surface area contributed by atoms with Gasteiger partial charge in [-0.05, 0) is 50.7 Å². The van der Waals surface area contributed by atoms with Gasteiger partial charge in [-0.25, -0.2) is 5.43 Å². The van der Waals surface area contributed by atoms with E-state index in [1.807, 2.05) is 31.2 Å². The van der Waals surface area contributed by atoms with Crippen LogP contribution < -0.4 is 5.43 Å². The summed E-state index contributed by atoms with van der Waals surface area (Å²) in [5.74, 6) is 0.438. The highest BCUT2D eigenvalue weighted by Crippen LogP contribution is 2.24. The number of benzene rings is 1. The number of hydrogen-bond donors (Lipinski definition) is 1. The normalized spacial score (nSPS) is 21.2. The molecular formula is C15H20N2O. The molecule has 0 aromatic heterocycles. The molecule has 1 aliphatic carbocycles. The van der Waals surface area contributed by atoms with Crippen LogP contribution in [0.2, 0.25) is 0 Å². The van der Waals surface area contributed by atoms with Crippen molar-refractivity contribution < 1.29 is 4.79 Å². The molecule has 0 bridgehead atoms. The van der Waals surface area contributed by atoms with Crippen LogP contribution in [0, 0.1) is 12.8 Å². The second-order valence-electron chi connectivity index (χ2n) is 4.91. The summed E-state index contributed by atoms with van der Waals surface area (Å²) in [5.41, 5.74) is 5.64. The number of carbonyl (C=O) groups excluding carboxylic acids is 1. The van der Waals surface area contributed by atoms with Gasteiger partial charge in [0.1, 0.15) is 0 Å². The van der Waals surface area contributed by atoms with Crippen molar-refractivity contribution in [1.29, 1.82) is 0 Å². The summed E-state index contributed by atoms with van der Waals surface area (Å²) in [4.78, 5) is 11.9. The minimum Gasteiger partial charge on any atom is -0.267 e. The third-order valence-corrected chi connectivity index (χ3v) is 3.56. The Balaban J connectivity index is 1.99. The maximum absolute atomic E-state index is 11.9. The van der Waals surface area contributed by atoms with Crippen molar-refractivity contribution in [2.75, 3.05) is 0 Å². The van der Waals surface area contributed by atoms with E-state index in [0.29, 0.717) is 11.5 Å². The van der Waals surface area contributed by atoms with E-state index in [4.69, 9.17) is 0 Å². The van der Waals surface area contributed by atoms with Crippen LogP contribution in [0.1, 0.15) is 48.5 Å². The third-order valence-electron chi connectivity index (χ3n) is 3.56. The minimum atomic E-state index is -0.121. The highest BCUT2D eigenvalue weighted by atomic mass is 16.2. The maximum Gasteiger partial charge on any atom is 0.271 e. The molecule has 1 N–H and O–H groups in total. The Hall–Kier alpha value is -1.64. The van der Waals surface area contributed by atoms with Crippen LogP contribution in [0.3, 0.4) is 0 Å². The molecule has 1 amide bonds. The monoisotopic (exact) mass is 244 g/mol. The molecule has 1 aromatic carbocycles. The van der Waals surface area contributed by atoms with Gasteiger partial charge in [-0.1, -0.05) is 24.6 Å². The Labute approximate surface area is 108 Å². The molecule has 96 valence electrons. The van der Waals surface area contributed by atoms with Crippen molar-refractivity contribution in [2.24, 2.45) is 11.0 Å². The van der Waals surface area contributed by atoms with Gasteiger partial charge in [0.05, 0.1) is 0 Å². The molecule has 2 rings (SSSR count). The number of rotatable bonds is 3. The molecule has 1 unspecified atom stereocenters. The molecule has 1 atom stereocenters. The fraction of sp³-hybridized carbons (Fsp3) is 0.467. The fourth-order valence-corrected chi connectivity index (χ4v) is 2.38. The van der Waals surface area contributed by atoms with E-state index in [9.17, 15) is 4.79 Å². The molecule has 0 heterocycles. The van der Waals surface area contributed by atoms with Crippen molar-refractivity contribution in [3.05, 3.63) is 35.4 Å². The van der Waals surface area contributed by atoms with Crippen molar-refractivity contribution in [3.8, 4) is 0 Å². The van der Waals surface area contributed by atoms with Gasteiger partial charge in [-0.3, -0.25) is 4.79 Å². The van der Waals surface area contributed by atoms with Crippen molar-refractivity contribution in [3.63, 3.8) is 0 Å². The summed E-state index contributed by atoms with van der Waals surface area (Å²) in [5, 5.41) is 4.29. The van der Waals surface area contributed by atoms with E-state index < -0.39 is 0 Å². The predicted octanol–water partition coefficient (Wildman–Crippen LogP) is 3.29. The molecule has 18 heavy (non-hydrogen) atoms. The lowest BCUT2D eigenvalue weighted by atomic mass is 10.0. The minimum absolute atomic E-state index is 0.121. The molecule has 0 radical (unpaired) electrons. The second-order valence-corrected chi connectivity index (χ2v) is 4.91. The first kappa shape index (κ1) is 12.8. The number of hydrogen-bond acceptors (Lipinski definition) is 2. The number of hydrazone groups is 1. The molecule has 1 fully saturated rings. The Bertz CT molecular complexity index is 448. The molecule has 0 saturated heterocycles. The number of nitrogens with zero attached hydrogens (tertiary/aromatic N) is 1. The molecule has 0 spiro atoms. The number of nitrogens with one attached hydrogen (secondary N) is 1. The second kappa shape index (κ2) is 5.80. The Kier molecular flexibility index (Phi) is 4.13. The molecule has 0 aliphatic heterocycles. The maximum atomic E-state index is 11.9. The highest BCUT2D eigenvalue weighted by Gasteiger charge is 2.20. The largest absolute Gasteiger partial charge is 0.271 e. The lowest BCUT2D eigenvalue weighted by Gasteiger charge is -2.07. The van der Waals surface area contributed by atoms with Crippen LogP contribution >= 0.6 is 0 Å². The topological polar surface area (TPSA) is 41.5 Å². The number of aryl methyl sites for hydroxylation is 1. The summed E-state index contributed by atoms with van der Waals surface area (Å²) in [7, 11) is 0. The van der Waals surface area contributed by atoms with Gasteiger partial charge in [0, 0.05) is 11.3 Å². The first-order valence-corrected chi connectivity index (χ1v) is 6.64. The van der Waals surface area contributed by atoms with E-state index in [-0.39, 0.29) is 5.91 Å². The predicted molar refractivity (Wildman–Crippen MR) is 73.7 cm³/mol. The Morgan fingerprint density at radius 1 is 1.39 bits per heavy atom. The number of carbonyl (C=O) groups is 1. The summed E-state index contributed by atoms with van der Waals surface area (Å²) >= 11 is 0. The van der Waals surface area contributed by atoms with Crippen molar-refractivity contribution >= 4 is 11.6 Å². The zero-order chi connectivity index (χ0) is 13.0. The quantitative estimate of drug-likeness (QED) is 0.814. The van der Waals surface area contributed by atoms with E-state index >= 15 is 0 Å². The average molecular weight is 244 g/mol. The van der Waals surface area contributed by atoms with Crippen LogP contribution in [-0.4, -0.2) is 11.6 Å². The molecule has 1 saturated carbocycles. The zero-order valence-electron chi connectivity index (χ0n) is 11.1. The van der Waals surface area contributed by atoms with Gasteiger partial charge in [-0.15, -0.1) is 0 Å². The van der Waals surface area contributed by atoms with Crippen LogP contribution in [0.4, 0.5) is 0 Å². The van der Waals surface area contributed by atoms with Gasteiger partial charge < -0.3 is 0 Å². The van der Waals surface area contributed by atoms with Crippen molar-refractivity contribution in [1.82, 2.24) is 5.43 Å². The summed E-state index contributed by atoms with van der Waals surface area (Å²) < 4.78 is 0. The van der Waals surface area contributed by atoms with Gasteiger partial charge in [-0.2, -0.15) is 5.10 Å². The van der Waals surface area contributed by atoms with Gasteiger partial charge >= 0.3 is 0 Å². The first-order valence-electron chi connectivity index (χ1n) is 6.64. The van der Waals surface area contributed by atoms with Gasteiger partial charge in [0.15, 0.2) is 0 Å². The van der Waals surface area contributed by atoms with E-state index in [0.717, 1.165) is 24.1 Å².